The molecule has 4 rings (SSSR count). The SMILES string of the molecule is CCc1nccn1Cc1ccc(-c2cc(CC(C)C)sc2S(=O)(=O)NC(=O)NCC2(O)CCCCC2)cc1F. The highest BCUT2D eigenvalue weighted by atomic mass is 32.2. The van der Waals surface area contributed by atoms with Crippen molar-refractivity contribution in [3.8, 4) is 11.1 Å². The van der Waals surface area contributed by atoms with Crippen molar-refractivity contribution < 1.29 is 22.7 Å². The number of halogens is 1. The molecule has 0 aliphatic heterocycles. The summed E-state index contributed by atoms with van der Waals surface area (Å²) in [5, 5.41) is 13.2. The average Bonchev–Trinajstić information content (AvgIpc) is 3.51. The first kappa shape index (κ1) is 29.2. The lowest BCUT2D eigenvalue weighted by atomic mass is 9.85. The molecule has 1 fully saturated rings. The van der Waals surface area contributed by atoms with Crippen LogP contribution in [0.1, 0.15) is 69.1 Å². The van der Waals surface area contributed by atoms with Crippen LogP contribution in [0.5, 0.6) is 0 Å². The van der Waals surface area contributed by atoms with Gasteiger partial charge in [-0.25, -0.2) is 27.3 Å². The number of aryl methyl sites for hydroxylation is 1. The van der Waals surface area contributed by atoms with Crippen molar-refractivity contribution in [2.24, 2.45) is 5.92 Å². The molecule has 1 aliphatic carbocycles. The number of benzene rings is 1. The zero-order chi connectivity index (χ0) is 28.2. The van der Waals surface area contributed by atoms with Crippen LogP contribution < -0.4 is 10.0 Å². The van der Waals surface area contributed by atoms with Crippen LogP contribution in [0.2, 0.25) is 0 Å². The number of urea groups is 1. The lowest BCUT2D eigenvalue weighted by Gasteiger charge is -2.32. The fourth-order valence-corrected chi connectivity index (χ4v) is 7.87. The number of carbonyl (C=O) groups excluding carboxylic acids is 1. The number of thiophene rings is 1. The van der Waals surface area contributed by atoms with E-state index in [2.05, 4.69) is 15.0 Å². The average molecular weight is 577 g/mol. The molecule has 3 N–H and O–H groups in total. The standard InChI is InChI=1S/C28H37FN4O4S2/c1-4-25-30-12-13-33(25)17-21-9-8-20(15-24(21)29)23-16-22(14-19(2)3)38-26(23)39(36,37)32-27(34)31-18-28(35)10-6-5-7-11-28/h8-9,12-13,15-16,19,35H,4-7,10-11,14,17-18H2,1-3H3,(H2,31,32,34). The minimum absolute atomic E-state index is 0.0203. The van der Waals surface area contributed by atoms with Gasteiger partial charge in [0.05, 0.1) is 12.1 Å². The number of hydrogen-bond donors (Lipinski definition) is 3. The van der Waals surface area contributed by atoms with Gasteiger partial charge in [0.1, 0.15) is 15.9 Å². The van der Waals surface area contributed by atoms with Crippen LogP contribution in [-0.4, -0.2) is 41.3 Å². The van der Waals surface area contributed by atoms with E-state index in [4.69, 9.17) is 0 Å². The second kappa shape index (κ2) is 12.2. The Morgan fingerprint density at radius 1 is 1.23 bits per heavy atom. The quantitative estimate of drug-likeness (QED) is 0.305. The van der Waals surface area contributed by atoms with Gasteiger partial charge in [0.15, 0.2) is 0 Å². The highest BCUT2D eigenvalue weighted by Gasteiger charge is 2.31. The van der Waals surface area contributed by atoms with Crippen molar-refractivity contribution in [1.82, 2.24) is 19.6 Å². The van der Waals surface area contributed by atoms with Crippen LogP contribution in [0.15, 0.2) is 40.9 Å². The minimum atomic E-state index is -4.26. The van der Waals surface area contributed by atoms with Crippen LogP contribution >= 0.6 is 11.3 Å². The van der Waals surface area contributed by atoms with E-state index in [1.165, 1.54) is 6.07 Å². The zero-order valence-corrected chi connectivity index (χ0v) is 24.3. The third-order valence-corrected chi connectivity index (χ3v) is 10.0. The maximum absolute atomic E-state index is 15.2. The van der Waals surface area contributed by atoms with Gasteiger partial charge >= 0.3 is 6.03 Å². The monoisotopic (exact) mass is 576 g/mol. The molecule has 3 aromatic rings. The fraction of sp³-hybridized carbons (Fsp3) is 0.500. The molecule has 0 unspecified atom stereocenters. The van der Waals surface area contributed by atoms with E-state index < -0.39 is 27.5 Å². The lowest BCUT2D eigenvalue weighted by molar-refractivity contribution is 0.00732. The fourth-order valence-electron chi connectivity index (χ4n) is 4.99. The molecule has 1 saturated carbocycles. The van der Waals surface area contributed by atoms with Gasteiger partial charge in [-0.1, -0.05) is 52.2 Å². The first-order valence-corrected chi connectivity index (χ1v) is 15.7. The number of hydrogen-bond acceptors (Lipinski definition) is 6. The van der Waals surface area contributed by atoms with E-state index in [1.54, 1.807) is 30.6 Å². The molecule has 2 amide bonds. The number of amides is 2. The van der Waals surface area contributed by atoms with Crippen LogP contribution in [0.4, 0.5) is 9.18 Å². The summed E-state index contributed by atoms with van der Waals surface area (Å²) in [6.45, 7) is 6.34. The largest absolute Gasteiger partial charge is 0.388 e. The Morgan fingerprint density at radius 3 is 2.64 bits per heavy atom. The predicted molar refractivity (Wildman–Crippen MR) is 151 cm³/mol. The molecule has 1 aromatic carbocycles. The summed E-state index contributed by atoms with van der Waals surface area (Å²) in [6, 6.07) is 5.58. The molecule has 11 heteroatoms. The van der Waals surface area contributed by atoms with Gasteiger partial charge in [0, 0.05) is 41.4 Å². The van der Waals surface area contributed by atoms with E-state index in [-0.39, 0.29) is 16.7 Å². The van der Waals surface area contributed by atoms with Gasteiger partial charge in [-0.2, -0.15) is 0 Å². The first-order valence-electron chi connectivity index (χ1n) is 13.4. The van der Waals surface area contributed by atoms with Crippen LogP contribution in [0.25, 0.3) is 11.1 Å². The van der Waals surface area contributed by atoms with Crippen LogP contribution in [0.3, 0.4) is 0 Å². The molecule has 0 bridgehead atoms. The number of sulfonamides is 1. The minimum Gasteiger partial charge on any atom is -0.388 e. The summed E-state index contributed by atoms with van der Waals surface area (Å²) in [6.07, 6.45) is 8.76. The Morgan fingerprint density at radius 2 is 1.97 bits per heavy atom. The zero-order valence-electron chi connectivity index (χ0n) is 22.7. The third kappa shape index (κ3) is 7.26. The van der Waals surface area contributed by atoms with Gasteiger partial charge in [-0.05, 0) is 42.9 Å². The molecule has 1 aliphatic rings. The van der Waals surface area contributed by atoms with E-state index in [0.717, 1.165) is 47.7 Å². The number of rotatable bonds is 10. The van der Waals surface area contributed by atoms with Crippen molar-refractivity contribution in [2.45, 2.75) is 82.1 Å². The summed E-state index contributed by atoms with van der Waals surface area (Å²) >= 11 is 1.08. The molecular weight excluding hydrogens is 539 g/mol. The highest BCUT2D eigenvalue weighted by molar-refractivity contribution is 7.92. The lowest BCUT2D eigenvalue weighted by Crippen LogP contribution is -2.48. The number of nitrogens with zero attached hydrogens (tertiary/aromatic N) is 2. The second-order valence-corrected chi connectivity index (χ2v) is 13.7. The van der Waals surface area contributed by atoms with Gasteiger partial charge in [-0.15, -0.1) is 11.3 Å². The molecule has 0 saturated heterocycles. The van der Waals surface area contributed by atoms with Gasteiger partial charge in [0.25, 0.3) is 10.0 Å². The smallest absolute Gasteiger partial charge is 0.328 e. The third-order valence-electron chi connectivity index (χ3n) is 7.01. The summed E-state index contributed by atoms with van der Waals surface area (Å²) in [5.41, 5.74) is 0.211. The van der Waals surface area contributed by atoms with Crippen LogP contribution in [0, 0.1) is 11.7 Å². The molecule has 39 heavy (non-hydrogen) atoms. The number of imidazole rings is 1. The summed E-state index contributed by atoms with van der Waals surface area (Å²) in [5.74, 6) is 0.680. The Balaban J connectivity index is 1.58. The molecule has 0 atom stereocenters. The Bertz CT molecular complexity index is 1410. The maximum atomic E-state index is 15.2. The number of aromatic nitrogens is 2. The normalized spacial score (nSPS) is 15.4. The molecule has 2 aromatic heterocycles. The number of carbonyl (C=O) groups is 1. The first-order chi connectivity index (χ1) is 18.5. The van der Waals surface area contributed by atoms with Crippen molar-refractivity contribution in [3.63, 3.8) is 0 Å². The Kier molecular flexibility index (Phi) is 9.13. The van der Waals surface area contributed by atoms with Crippen molar-refractivity contribution in [1.29, 1.82) is 0 Å². The summed E-state index contributed by atoms with van der Waals surface area (Å²) < 4.78 is 45.9. The molecule has 8 nitrogen and oxygen atoms in total. The number of nitrogens with one attached hydrogen (secondary N) is 2. The topological polar surface area (TPSA) is 113 Å². The van der Waals surface area contributed by atoms with E-state index in [1.807, 2.05) is 25.3 Å². The van der Waals surface area contributed by atoms with E-state index >= 15 is 4.39 Å². The summed E-state index contributed by atoms with van der Waals surface area (Å²) in [4.78, 5) is 17.7. The van der Waals surface area contributed by atoms with Crippen molar-refractivity contribution in [2.75, 3.05) is 6.54 Å². The van der Waals surface area contributed by atoms with Gasteiger partial charge in [-0.3, -0.25) is 0 Å². The molecule has 0 spiro atoms. The van der Waals surface area contributed by atoms with E-state index in [0.29, 0.717) is 42.5 Å². The number of aliphatic hydroxyl groups is 1. The molecular formula is C28H37FN4O4S2. The van der Waals surface area contributed by atoms with Gasteiger partial charge in [0.2, 0.25) is 0 Å². The Labute approximate surface area is 233 Å². The maximum Gasteiger partial charge on any atom is 0.328 e. The van der Waals surface area contributed by atoms with Crippen molar-refractivity contribution >= 4 is 27.4 Å². The molecule has 212 valence electrons. The molecule has 0 radical (unpaired) electrons. The van der Waals surface area contributed by atoms with E-state index in [9.17, 15) is 18.3 Å². The summed E-state index contributed by atoms with van der Waals surface area (Å²) in [7, 11) is -4.26. The van der Waals surface area contributed by atoms with Gasteiger partial charge < -0.3 is 15.0 Å². The van der Waals surface area contributed by atoms with Crippen molar-refractivity contribution in [3.05, 3.63) is 58.7 Å². The molecule has 2 heterocycles. The highest BCUT2D eigenvalue weighted by Crippen LogP contribution is 2.37. The Hall–Kier alpha value is -2.76. The predicted octanol–water partition coefficient (Wildman–Crippen LogP) is 5.24. The second-order valence-electron chi connectivity index (χ2n) is 10.7. The van der Waals surface area contributed by atoms with Crippen LogP contribution in [-0.2, 0) is 29.4 Å².